The minimum absolute atomic E-state index is 0.124. The van der Waals surface area contributed by atoms with Crippen molar-refractivity contribution in [3.05, 3.63) is 0 Å². The summed E-state index contributed by atoms with van der Waals surface area (Å²) in [6, 6.07) is 0.310. The maximum atomic E-state index is 11.6. The van der Waals surface area contributed by atoms with E-state index in [9.17, 15) is 4.79 Å². The minimum Gasteiger partial charge on any atom is -0.369 e. The molecule has 1 amide bonds. The van der Waals surface area contributed by atoms with Gasteiger partial charge in [0.2, 0.25) is 5.91 Å². The molecular formula is C10H19N3O. The van der Waals surface area contributed by atoms with Crippen molar-refractivity contribution >= 4 is 5.91 Å². The molecule has 0 aliphatic carbocycles. The van der Waals surface area contributed by atoms with Gasteiger partial charge in [0.05, 0.1) is 5.41 Å². The monoisotopic (exact) mass is 197 g/mol. The number of primary amides is 1. The van der Waals surface area contributed by atoms with E-state index < -0.39 is 0 Å². The van der Waals surface area contributed by atoms with Crippen LogP contribution in [0.15, 0.2) is 0 Å². The Morgan fingerprint density at radius 1 is 1.64 bits per heavy atom. The van der Waals surface area contributed by atoms with E-state index in [1.165, 1.54) is 0 Å². The zero-order valence-electron chi connectivity index (χ0n) is 8.75. The molecule has 4 nitrogen and oxygen atoms in total. The molecule has 4 heteroatoms. The lowest BCUT2D eigenvalue weighted by atomic mass is 9.70. The highest BCUT2D eigenvalue weighted by atomic mass is 16.1. The molecule has 2 atom stereocenters. The van der Waals surface area contributed by atoms with E-state index in [0.29, 0.717) is 6.04 Å². The highest BCUT2D eigenvalue weighted by molar-refractivity contribution is 5.82. The molecule has 3 N–H and O–H groups in total. The lowest BCUT2D eigenvalue weighted by molar-refractivity contribution is -0.134. The summed E-state index contributed by atoms with van der Waals surface area (Å²) in [6.45, 7) is 2.91. The Hall–Kier alpha value is -0.610. The Morgan fingerprint density at radius 3 is 3.14 bits per heavy atom. The summed E-state index contributed by atoms with van der Waals surface area (Å²) in [5.74, 6) is -0.124. The molecule has 2 heterocycles. The van der Waals surface area contributed by atoms with Crippen LogP contribution in [0.1, 0.15) is 19.3 Å². The van der Waals surface area contributed by atoms with Gasteiger partial charge in [0, 0.05) is 12.6 Å². The topological polar surface area (TPSA) is 58.4 Å². The number of carbonyl (C=O) groups excluding carboxylic acids is 1. The van der Waals surface area contributed by atoms with Crippen LogP contribution in [0, 0.1) is 5.41 Å². The van der Waals surface area contributed by atoms with Crippen LogP contribution in [-0.4, -0.2) is 43.5 Å². The Morgan fingerprint density at radius 2 is 2.43 bits per heavy atom. The molecule has 2 aliphatic rings. The average molecular weight is 197 g/mol. The molecule has 0 aromatic carbocycles. The molecule has 2 rings (SSSR count). The third-order valence-electron chi connectivity index (χ3n) is 3.70. The normalized spacial score (nSPS) is 39.1. The van der Waals surface area contributed by atoms with Crippen molar-refractivity contribution in [1.29, 1.82) is 0 Å². The third kappa shape index (κ3) is 1.42. The van der Waals surface area contributed by atoms with Crippen molar-refractivity contribution in [3.63, 3.8) is 0 Å². The molecule has 0 spiro atoms. The van der Waals surface area contributed by atoms with Crippen LogP contribution in [0.4, 0.5) is 0 Å². The van der Waals surface area contributed by atoms with E-state index in [1.807, 2.05) is 0 Å². The first kappa shape index (κ1) is 9.93. The van der Waals surface area contributed by atoms with E-state index in [2.05, 4.69) is 17.3 Å². The predicted molar refractivity (Wildman–Crippen MR) is 54.8 cm³/mol. The van der Waals surface area contributed by atoms with Crippen molar-refractivity contribution in [2.45, 2.75) is 25.3 Å². The highest BCUT2D eigenvalue weighted by Gasteiger charge is 2.48. The fourth-order valence-corrected chi connectivity index (χ4v) is 2.90. The van der Waals surface area contributed by atoms with Gasteiger partial charge in [-0.2, -0.15) is 0 Å². The van der Waals surface area contributed by atoms with Gasteiger partial charge in [-0.05, 0) is 39.4 Å². The number of carbonyl (C=O) groups is 1. The number of hydrogen-bond donors (Lipinski definition) is 2. The smallest absolute Gasteiger partial charge is 0.226 e. The zero-order chi connectivity index (χ0) is 10.2. The number of nitrogens with one attached hydrogen (secondary N) is 1. The van der Waals surface area contributed by atoms with E-state index in [1.54, 1.807) is 0 Å². The first-order valence-electron chi connectivity index (χ1n) is 5.37. The van der Waals surface area contributed by atoms with E-state index in [4.69, 9.17) is 5.73 Å². The zero-order valence-corrected chi connectivity index (χ0v) is 8.75. The van der Waals surface area contributed by atoms with Crippen LogP contribution in [0.25, 0.3) is 0 Å². The Labute approximate surface area is 84.8 Å². The van der Waals surface area contributed by atoms with Crippen molar-refractivity contribution in [2.75, 3.05) is 26.7 Å². The Balaban J connectivity index is 2.23. The van der Waals surface area contributed by atoms with Crippen molar-refractivity contribution in [3.8, 4) is 0 Å². The molecular weight excluding hydrogens is 178 g/mol. The predicted octanol–water partition coefficient (Wildman–Crippen LogP) is -0.454. The van der Waals surface area contributed by atoms with E-state index >= 15 is 0 Å². The molecule has 0 radical (unpaired) electrons. The van der Waals surface area contributed by atoms with Crippen LogP contribution in [-0.2, 0) is 4.79 Å². The Kier molecular flexibility index (Phi) is 2.49. The fourth-order valence-electron chi connectivity index (χ4n) is 2.90. The molecule has 14 heavy (non-hydrogen) atoms. The summed E-state index contributed by atoms with van der Waals surface area (Å²) in [5.41, 5.74) is 5.27. The third-order valence-corrected chi connectivity index (χ3v) is 3.70. The largest absolute Gasteiger partial charge is 0.369 e. The molecule has 0 aromatic rings. The van der Waals surface area contributed by atoms with Gasteiger partial charge >= 0.3 is 0 Å². The fraction of sp³-hybridized carbons (Fsp3) is 0.900. The van der Waals surface area contributed by atoms with E-state index in [-0.39, 0.29) is 11.3 Å². The molecule has 80 valence electrons. The second-order valence-corrected chi connectivity index (χ2v) is 4.66. The van der Waals surface area contributed by atoms with Gasteiger partial charge in [-0.3, -0.25) is 4.79 Å². The van der Waals surface area contributed by atoms with Crippen molar-refractivity contribution in [2.24, 2.45) is 11.1 Å². The summed E-state index contributed by atoms with van der Waals surface area (Å²) < 4.78 is 0. The second kappa shape index (κ2) is 3.51. The second-order valence-electron chi connectivity index (χ2n) is 4.66. The molecule has 2 saturated heterocycles. The maximum absolute atomic E-state index is 11.6. The summed E-state index contributed by atoms with van der Waals surface area (Å²) in [5, 5.41) is 3.44. The van der Waals surface area contributed by atoms with Gasteiger partial charge in [-0.1, -0.05) is 0 Å². The standard InChI is InChI=1S/C10H19N3O/c1-13-6-3-8-10(7-13,9(11)14)4-2-5-12-8/h8,12H,2-7H2,1H3,(H2,11,14). The Bertz CT molecular complexity index is 244. The highest BCUT2D eigenvalue weighted by Crippen LogP contribution is 2.36. The lowest BCUT2D eigenvalue weighted by Gasteiger charge is -2.48. The van der Waals surface area contributed by atoms with Crippen LogP contribution < -0.4 is 11.1 Å². The SMILES string of the molecule is CN1CCC2NCCCC2(C(N)=O)C1. The van der Waals surface area contributed by atoms with Gasteiger partial charge in [-0.25, -0.2) is 0 Å². The molecule has 0 saturated carbocycles. The van der Waals surface area contributed by atoms with Crippen LogP contribution in [0.2, 0.25) is 0 Å². The van der Waals surface area contributed by atoms with Crippen LogP contribution >= 0.6 is 0 Å². The number of nitrogens with zero attached hydrogens (tertiary/aromatic N) is 1. The number of likely N-dealkylation sites (tertiary alicyclic amines) is 1. The molecule has 2 fully saturated rings. The van der Waals surface area contributed by atoms with Crippen molar-refractivity contribution < 1.29 is 4.79 Å². The summed E-state index contributed by atoms with van der Waals surface area (Å²) >= 11 is 0. The first-order chi connectivity index (χ1) is 6.65. The molecule has 0 bridgehead atoms. The molecule has 2 aliphatic heterocycles. The van der Waals surface area contributed by atoms with Gasteiger partial charge in [-0.15, -0.1) is 0 Å². The summed E-state index contributed by atoms with van der Waals surface area (Å²) in [7, 11) is 2.06. The summed E-state index contributed by atoms with van der Waals surface area (Å²) in [6.07, 6.45) is 3.05. The number of piperidine rings is 2. The molecule has 0 aromatic heterocycles. The maximum Gasteiger partial charge on any atom is 0.226 e. The minimum atomic E-state index is -0.300. The quantitative estimate of drug-likeness (QED) is 0.598. The van der Waals surface area contributed by atoms with Crippen LogP contribution in [0.3, 0.4) is 0 Å². The van der Waals surface area contributed by atoms with Gasteiger partial charge in [0.1, 0.15) is 0 Å². The van der Waals surface area contributed by atoms with Gasteiger partial charge in [0.15, 0.2) is 0 Å². The number of nitrogens with two attached hydrogens (primary N) is 1. The lowest BCUT2D eigenvalue weighted by Crippen LogP contribution is -2.64. The first-order valence-corrected chi connectivity index (χ1v) is 5.37. The number of hydrogen-bond acceptors (Lipinski definition) is 3. The number of rotatable bonds is 1. The van der Waals surface area contributed by atoms with E-state index in [0.717, 1.165) is 38.9 Å². The molecule has 2 unspecified atom stereocenters. The van der Waals surface area contributed by atoms with Gasteiger partial charge in [0.25, 0.3) is 0 Å². The summed E-state index contributed by atoms with van der Waals surface area (Å²) in [4.78, 5) is 13.8. The van der Waals surface area contributed by atoms with Gasteiger partial charge < -0.3 is 16.0 Å². The number of fused-ring (bicyclic) bond motifs is 1. The van der Waals surface area contributed by atoms with Crippen molar-refractivity contribution in [1.82, 2.24) is 10.2 Å². The number of amides is 1. The van der Waals surface area contributed by atoms with Crippen LogP contribution in [0.5, 0.6) is 0 Å². The average Bonchev–Trinajstić information content (AvgIpc) is 2.17.